The first-order valence-corrected chi connectivity index (χ1v) is 6.89. The Balaban J connectivity index is 2.40. The van der Waals surface area contributed by atoms with Gasteiger partial charge >= 0.3 is 0 Å². The first-order chi connectivity index (χ1) is 8.32. The molecule has 1 aromatic rings. The average molecular weight is 275 g/mol. The van der Waals surface area contributed by atoms with Crippen LogP contribution in [0.3, 0.4) is 0 Å². The smallest absolute Gasteiger partial charge is 0.246 e. The van der Waals surface area contributed by atoms with Crippen LogP contribution in [0.25, 0.3) is 0 Å². The van der Waals surface area contributed by atoms with E-state index >= 15 is 0 Å². The van der Waals surface area contributed by atoms with Crippen LogP contribution in [0.2, 0.25) is 0 Å². The average Bonchev–Trinajstić information content (AvgIpc) is 2.63. The van der Waals surface area contributed by atoms with Gasteiger partial charge in [-0.3, -0.25) is 0 Å². The molecule has 0 amide bonds. The molecular formula is C11H14FNO4S. The zero-order valence-corrected chi connectivity index (χ0v) is 10.6. The molecule has 0 saturated carbocycles. The number of aliphatic hydroxyl groups is 2. The topological polar surface area (TPSA) is 77.8 Å². The molecule has 1 aromatic carbocycles. The summed E-state index contributed by atoms with van der Waals surface area (Å²) in [7, 11) is -4.02. The Hall–Kier alpha value is -1.02. The van der Waals surface area contributed by atoms with Gasteiger partial charge in [0.25, 0.3) is 0 Å². The molecule has 1 heterocycles. The van der Waals surface area contributed by atoms with Crippen molar-refractivity contribution in [3.8, 4) is 0 Å². The summed E-state index contributed by atoms with van der Waals surface area (Å²) in [6.07, 6.45) is -2.26. The number of β-amino-alcohol motifs (C(OH)–C–C–N with tert-alkyl or cyclic N) is 2. The predicted octanol–water partition coefficient (Wildman–Crippen LogP) is -0.140. The maximum atomic E-state index is 13.6. The number of rotatable bonds is 2. The number of nitrogens with zero attached hydrogens (tertiary/aromatic N) is 1. The van der Waals surface area contributed by atoms with Gasteiger partial charge in [-0.25, -0.2) is 12.8 Å². The minimum absolute atomic E-state index is 0.225. The monoisotopic (exact) mass is 275 g/mol. The second-order valence-corrected chi connectivity index (χ2v) is 6.30. The van der Waals surface area contributed by atoms with E-state index in [0.29, 0.717) is 5.56 Å². The van der Waals surface area contributed by atoms with E-state index in [4.69, 9.17) is 0 Å². The summed E-state index contributed by atoms with van der Waals surface area (Å²) in [4.78, 5) is -0.427. The Bertz CT molecular complexity index is 550. The minimum atomic E-state index is -4.02. The number of halogens is 1. The number of sulfonamides is 1. The molecular weight excluding hydrogens is 261 g/mol. The highest BCUT2D eigenvalue weighted by Crippen LogP contribution is 2.24. The third-order valence-corrected chi connectivity index (χ3v) is 4.78. The van der Waals surface area contributed by atoms with Crippen LogP contribution in [0, 0.1) is 12.7 Å². The Morgan fingerprint density at radius 2 is 1.83 bits per heavy atom. The Labute approximate surface area is 105 Å². The van der Waals surface area contributed by atoms with E-state index in [1.54, 1.807) is 6.92 Å². The fourth-order valence-corrected chi connectivity index (χ4v) is 3.50. The van der Waals surface area contributed by atoms with Crippen molar-refractivity contribution in [2.24, 2.45) is 0 Å². The van der Waals surface area contributed by atoms with Crippen LogP contribution in [0.15, 0.2) is 23.1 Å². The number of hydrogen-bond donors (Lipinski definition) is 2. The summed E-state index contributed by atoms with van der Waals surface area (Å²) in [6.45, 7) is 1.21. The molecule has 5 nitrogen and oxygen atoms in total. The maximum Gasteiger partial charge on any atom is 0.246 e. The van der Waals surface area contributed by atoms with Gasteiger partial charge in [0.1, 0.15) is 10.7 Å². The normalized spacial score (nSPS) is 25.6. The van der Waals surface area contributed by atoms with Crippen molar-refractivity contribution in [3.63, 3.8) is 0 Å². The van der Waals surface area contributed by atoms with Gasteiger partial charge in [0, 0.05) is 13.1 Å². The van der Waals surface area contributed by atoms with E-state index < -0.39 is 32.9 Å². The van der Waals surface area contributed by atoms with Crippen LogP contribution >= 0.6 is 0 Å². The lowest BCUT2D eigenvalue weighted by Crippen LogP contribution is -2.30. The largest absolute Gasteiger partial charge is 0.389 e. The van der Waals surface area contributed by atoms with Crippen molar-refractivity contribution >= 4 is 10.0 Å². The van der Waals surface area contributed by atoms with Crippen molar-refractivity contribution in [1.29, 1.82) is 0 Å². The standard InChI is InChI=1S/C11H14FNO4S/c1-7-2-3-8(12)11(4-7)18(16,17)13-5-9(14)10(15)6-13/h2-4,9-10,14-15H,5-6H2,1H3. The van der Waals surface area contributed by atoms with Gasteiger partial charge in [0.05, 0.1) is 12.2 Å². The molecule has 7 heteroatoms. The van der Waals surface area contributed by atoms with Crippen molar-refractivity contribution in [2.75, 3.05) is 13.1 Å². The first kappa shape index (κ1) is 13.4. The number of aliphatic hydroxyl groups excluding tert-OH is 2. The minimum Gasteiger partial charge on any atom is -0.389 e. The van der Waals surface area contributed by atoms with Crippen molar-refractivity contribution in [3.05, 3.63) is 29.6 Å². The zero-order chi connectivity index (χ0) is 13.5. The molecule has 0 radical (unpaired) electrons. The van der Waals surface area contributed by atoms with E-state index in [2.05, 4.69) is 0 Å². The summed E-state index contributed by atoms with van der Waals surface area (Å²) >= 11 is 0. The van der Waals surface area contributed by atoms with Crippen LogP contribution in [0.4, 0.5) is 4.39 Å². The van der Waals surface area contributed by atoms with E-state index in [9.17, 15) is 23.0 Å². The molecule has 0 aliphatic carbocycles. The lowest BCUT2D eigenvalue weighted by atomic mass is 10.2. The van der Waals surface area contributed by atoms with Gasteiger partial charge in [0.15, 0.2) is 0 Å². The summed E-state index contributed by atoms with van der Waals surface area (Å²) in [5.74, 6) is -0.837. The number of hydrogen-bond acceptors (Lipinski definition) is 4. The predicted molar refractivity (Wildman–Crippen MR) is 61.9 cm³/mol. The Morgan fingerprint density at radius 1 is 1.28 bits per heavy atom. The van der Waals surface area contributed by atoms with E-state index in [1.165, 1.54) is 12.1 Å². The molecule has 0 spiro atoms. The van der Waals surface area contributed by atoms with Crippen molar-refractivity contribution in [2.45, 2.75) is 24.0 Å². The molecule has 100 valence electrons. The van der Waals surface area contributed by atoms with E-state index in [1.807, 2.05) is 0 Å². The summed E-state index contributed by atoms with van der Waals surface area (Å²) in [5, 5.41) is 18.7. The molecule has 2 unspecified atom stereocenters. The first-order valence-electron chi connectivity index (χ1n) is 5.45. The summed E-state index contributed by atoms with van der Waals surface area (Å²) in [5.41, 5.74) is 0.621. The third kappa shape index (κ3) is 2.26. The summed E-state index contributed by atoms with van der Waals surface area (Å²) < 4.78 is 38.8. The van der Waals surface area contributed by atoms with Crippen LogP contribution in [0.5, 0.6) is 0 Å². The van der Waals surface area contributed by atoms with E-state index in [-0.39, 0.29) is 13.1 Å². The van der Waals surface area contributed by atoms with Gasteiger partial charge in [-0.2, -0.15) is 4.31 Å². The van der Waals surface area contributed by atoms with Crippen LogP contribution in [-0.4, -0.2) is 48.2 Å². The highest BCUT2D eigenvalue weighted by Gasteiger charge is 2.38. The fourth-order valence-electron chi connectivity index (χ4n) is 1.88. The molecule has 2 rings (SSSR count). The van der Waals surface area contributed by atoms with Crippen LogP contribution < -0.4 is 0 Å². The van der Waals surface area contributed by atoms with Gasteiger partial charge < -0.3 is 10.2 Å². The molecule has 1 fully saturated rings. The van der Waals surface area contributed by atoms with Crippen molar-refractivity contribution < 1.29 is 23.0 Å². The van der Waals surface area contributed by atoms with Gasteiger partial charge in [-0.15, -0.1) is 0 Å². The molecule has 0 bridgehead atoms. The summed E-state index contributed by atoms with van der Waals surface area (Å²) in [6, 6.07) is 3.80. The third-order valence-electron chi connectivity index (χ3n) is 2.93. The van der Waals surface area contributed by atoms with Crippen LogP contribution in [-0.2, 0) is 10.0 Å². The Kier molecular flexibility index (Phi) is 3.41. The Morgan fingerprint density at radius 3 is 2.39 bits per heavy atom. The molecule has 1 aliphatic heterocycles. The molecule has 2 atom stereocenters. The molecule has 2 N–H and O–H groups in total. The fraction of sp³-hybridized carbons (Fsp3) is 0.455. The number of aryl methyl sites for hydroxylation is 1. The van der Waals surface area contributed by atoms with Crippen molar-refractivity contribution in [1.82, 2.24) is 4.31 Å². The van der Waals surface area contributed by atoms with Crippen LogP contribution in [0.1, 0.15) is 5.56 Å². The quantitative estimate of drug-likeness (QED) is 0.787. The molecule has 18 heavy (non-hydrogen) atoms. The molecule has 1 aliphatic rings. The van der Waals surface area contributed by atoms with Gasteiger partial charge in [0.2, 0.25) is 10.0 Å². The van der Waals surface area contributed by atoms with E-state index in [0.717, 1.165) is 10.4 Å². The lowest BCUT2D eigenvalue weighted by molar-refractivity contribution is 0.0572. The lowest BCUT2D eigenvalue weighted by Gasteiger charge is -2.16. The maximum absolute atomic E-state index is 13.6. The van der Waals surface area contributed by atoms with Gasteiger partial charge in [-0.05, 0) is 24.6 Å². The highest BCUT2D eigenvalue weighted by molar-refractivity contribution is 7.89. The van der Waals surface area contributed by atoms with Gasteiger partial charge in [-0.1, -0.05) is 6.07 Å². The SMILES string of the molecule is Cc1ccc(F)c(S(=O)(=O)N2CC(O)C(O)C2)c1. The zero-order valence-electron chi connectivity index (χ0n) is 9.75. The molecule has 1 saturated heterocycles. The second-order valence-electron chi connectivity index (χ2n) is 4.39. The second kappa shape index (κ2) is 4.58. The molecule has 0 aromatic heterocycles. The highest BCUT2D eigenvalue weighted by atomic mass is 32.2. The number of benzene rings is 1.